The zero-order chi connectivity index (χ0) is 14.8. The van der Waals surface area contributed by atoms with E-state index in [0.29, 0.717) is 11.7 Å². The molecular weight excluding hydrogens is 244 g/mol. The molecule has 1 nitrogen and oxygen atoms in total. The first kappa shape index (κ1) is 17.7. The van der Waals surface area contributed by atoms with Gasteiger partial charge in [0.1, 0.15) is 5.78 Å². The van der Waals surface area contributed by atoms with Crippen molar-refractivity contribution in [1.82, 2.24) is 0 Å². The van der Waals surface area contributed by atoms with Crippen molar-refractivity contribution in [3.05, 3.63) is 0 Å². The van der Waals surface area contributed by atoms with Crippen LogP contribution in [-0.2, 0) is 4.79 Å². The third kappa shape index (κ3) is 6.90. The first-order valence-electron chi connectivity index (χ1n) is 9.17. The van der Waals surface area contributed by atoms with Crippen molar-refractivity contribution in [3.8, 4) is 0 Å². The standard InChI is InChI=1S/C19H36O/c1-4-5-6-7-8-9-10-11-19(20)18-14-12-17(13-15-18)16(2)3/h16-18H,4-15H2,1-3H3. The molecule has 0 heterocycles. The number of carbonyl (C=O) groups excluding carboxylic acids is 1. The average molecular weight is 280 g/mol. The van der Waals surface area contributed by atoms with Crippen molar-refractivity contribution in [2.24, 2.45) is 17.8 Å². The van der Waals surface area contributed by atoms with Crippen LogP contribution in [0.2, 0.25) is 0 Å². The third-order valence-electron chi connectivity index (χ3n) is 5.20. The van der Waals surface area contributed by atoms with E-state index in [1.54, 1.807) is 0 Å². The van der Waals surface area contributed by atoms with Crippen LogP contribution in [0, 0.1) is 17.8 Å². The molecule has 1 aliphatic carbocycles. The molecule has 118 valence electrons. The Kier molecular flexibility index (Phi) is 9.22. The van der Waals surface area contributed by atoms with Crippen LogP contribution in [0.25, 0.3) is 0 Å². The van der Waals surface area contributed by atoms with E-state index in [2.05, 4.69) is 20.8 Å². The molecule has 0 aromatic rings. The third-order valence-corrected chi connectivity index (χ3v) is 5.20. The fourth-order valence-electron chi connectivity index (χ4n) is 3.57. The van der Waals surface area contributed by atoms with Gasteiger partial charge >= 0.3 is 0 Å². The van der Waals surface area contributed by atoms with Crippen molar-refractivity contribution >= 4 is 5.78 Å². The smallest absolute Gasteiger partial charge is 0.135 e. The number of Topliss-reactive ketones (excluding diaryl/α,β-unsaturated/α-hetero) is 1. The summed E-state index contributed by atoms with van der Waals surface area (Å²) >= 11 is 0. The zero-order valence-electron chi connectivity index (χ0n) is 14.1. The van der Waals surface area contributed by atoms with E-state index >= 15 is 0 Å². The van der Waals surface area contributed by atoms with Crippen molar-refractivity contribution in [3.63, 3.8) is 0 Å². The topological polar surface area (TPSA) is 17.1 Å². The predicted octanol–water partition coefficient (Wildman–Crippen LogP) is 6.16. The molecule has 1 heteroatoms. The van der Waals surface area contributed by atoms with Gasteiger partial charge in [0, 0.05) is 12.3 Å². The number of rotatable bonds is 10. The Bertz CT molecular complexity index is 248. The van der Waals surface area contributed by atoms with Crippen molar-refractivity contribution in [2.45, 2.75) is 97.8 Å². The molecule has 1 rings (SSSR count). The van der Waals surface area contributed by atoms with Gasteiger partial charge in [-0.15, -0.1) is 0 Å². The summed E-state index contributed by atoms with van der Waals surface area (Å²) < 4.78 is 0. The van der Waals surface area contributed by atoms with Gasteiger partial charge in [-0.25, -0.2) is 0 Å². The second-order valence-electron chi connectivity index (χ2n) is 7.19. The Morgan fingerprint density at radius 3 is 2.00 bits per heavy atom. The fourth-order valence-corrected chi connectivity index (χ4v) is 3.57. The fraction of sp³-hybridized carbons (Fsp3) is 0.947. The Balaban J connectivity index is 2.03. The monoisotopic (exact) mass is 280 g/mol. The minimum atomic E-state index is 0.407. The normalized spacial score (nSPS) is 23.2. The molecule has 0 radical (unpaired) electrons. The van der Waals surface area contributed by atoms with E-state index in [9.17, 15) is 4.79 Å². The van der Waals surface area contributed by atoms with Gasteiger partial charge in [0.25, 0.3) is 0 Å². The lowest BCUT2D eigenvalue weighted by molar-refractivity contribution is -0.124. The molecule has 1 fully saturated rings. The quantitative estimate of drug-likeness (QED) is 0.438. The van der Waals surface area contributed by atoms with Crippen LogP contribution < -0.4 is 0 Å². The molecule has 0 atom stereocenters. The molecule has 0 aliphatic heterocycles. The highest BCUT2D eigenvalue weighted by molar-refractivity contribution is 5.81. The molecule has 1 aliphatic rings. The van der Waals surface area contributed by atoms with Gasteiger partial charge in [-0.2, -0.15) is 0 Å². The van der Waals surface area contributed by atoms with Gasteiger partial charge in [-0.1, -0.05) is 59.3 Å². The van der Waals surface area contributed by atoms with Crippen LogP contribution in [0.1, 0.15) is 97.8 Å². The number of hydrogen-bond acceptors (Lipinski definition) is 1. The highest BCUT2D eigenvalue weighted by Crippen LogP contribution is 2.34. The highest BCUT2D eigenvalue weighted by Gasteiger charge is 2.26. The van der Waals surface area contributed by atoms with E-state index in [0.717, 1.165) is 37.5 Å². The molecule has 0 spiro atoms. The summed E-state index contributed by atoms with van der Waals surface area (Å²) in [6, 6.07) is 0. The molecule has 0 amide bonds. The molecule has 0 unspecified atom stereocenters. The lowest BCUT2D eigenvalue weighted by atomic mass is 9.75. The van der Waals surface area contributed by atoms with E-state index < -0.39 is 0 Å². The van der Waals surface area contributed by atoms with Crippen molar-refractivity contribution < 1.29 is 4.79 Å². The van der Waals surface area contributed by atoms with Crippen LogP contribution in [0.15, 0.2) is 0 Å². The maximum Gasteiger partial charge on any atom is 0.135 e. The first-order chi connectivity index (χ1) is 9.65. The summed E-state index contributed by atoms with van der Waals surface area (Å²) in [5.41, 5.74) is 0. The minimum absolute atomic E-state index is 0.407. The Hall–Kier alpha value is -0.330. The molecule has 0 aromatic heterocycles. The highest BCUT2D eigenvalue weighted by atomic mass is 16.1. The molecule has 1 saturated carbocycles. The van der Waals surface area contributed by atoms with Crippen LogP contribution in [0.5, 0.6) is 0 Å². The maximum atomic E-state index is 12.2. The summed E-state index contributed by atoms with van der Waals surface area (Å²) in [6.07, 6.45) is 14.9. The largest absolute Gasteiger partial charge is 0.299 e. The van der Waals surface area contributed by atoms with Gasteiger partial charge < -0.3 is 0 Å². The van der Waals surface area contributed by atoms with Crippen LogP contribution >= 0.6 is 0 Å². The van der Waals surface area contributed by atoms with Crippen LogP contribution in [0.3, 0.4) is 0 Å². The van der Waals surface area contributed by atoms with Gasteiger partial charge in [0.15, 0.2) is 0 Å². The van der Waals surface area contributed by atoms with Crippen LogP contribution in [0.4, 0.5) is 0 Å². The number of unbranched alkanes of at least 4 members (excludes halogenated alkanes) is 6. The molecule has 0 aromatic carbocycles. The first-order valence-corrected chi connectivity index (χ1v) is 9.17. The SMILES string of the molecule is CCCCCCCCCC(=O)C1CCC(C(C)C)CC1. The lowest BCUT2D eigenvalue weighted by Gasteiger charge is -2.30. The summed E-state index contributed by atoms with van der Waals surface area (Å²) in [4.78, 5) is 12.2. The minimum Gasteiger partial charge on any atom is -0.299 e. The average Bonchev–Trinajstić information content (AvgIpc) is 2.46. The number of ketones is 1. The summed E-state index contributed by atoms with van der Waals surface area (Å²) in [5.74, 6) is 2.65. The maximum absolute atomic E-state index is 12.2. The van der Waals surface area contributed by atoms with Gasteiger partial charge in [0.05, 0.1) is 0 Å². The molecular formula is C19H36O. The van der Waals surface area contributed by atoms with Crippen molar-refractivity contribution in [1.29, 1.82) is 0 Å². The van der Waals surface area contributed by atoms with E-state index in [4.69, 9.17) is 0 Å². The number of hydrogen-bond donors (Lipinski definition) is 0. The van der Waals surface area contributed by atoms with Gasteiger partial charge in [-0.3, -0.25) is 4.79 Å². The molecule has 0 bridgehead atoms. The van der Waals surface area contributed by atoms with E-state index in [1.165, 1.54) is 51.4 Å². The zero-order valence-corrected chi connectivity index (χ0v) is 14.1. The second-order valence-corrected chi connectivity index (χ2v) is 7.19. The Morgan fingerprint density at radius 2 is 1.45 bits per heavy atom. The summed E-state index contributed by atoms with van der Waals surface area (Å²) in [6.45, 7) is 6.91. The molecule has 0 N–H and O–H groups in total. The second kappa shape index (κ2) is 10.4. The van der Waals surface area contributed by atoms with Crippen LogP contribution in [-0.4, -0.2) is 5.78 Å². The lowest BCUT2D eigenvalue weighted by Crippen LogP contribution is -2.24. The Labute approximate surface area is 126 Å². The number of carbonyl (C=O) groups is 1. The Morgan fingerprint density at radius 1 is 0.900 bits per heavy atom. The van der Waals surface area contributed by atoms with Gasteiger partial charge in [0.2, 0.25) is 0 Å². The summed E-state index contributed by atoms with van der Waals surface area (Å²) in [5, 5.41) is 0. The van der Waals surface area contributed by atoms with E-state index in [1.807, 2.05) is 0 Å². The van der Waals surface area contributed by atoms with E-state index in [-0.39, 0.29) is 0 Å². The summed E-state index contributed by atoms with van der Waals surface area (Å²) in [7, 11) is 0. The molecule has 20 heavy (non-hydrogen) atoms. The van der Waals surface area contributed by atoms with Gasteiger partial charge in [-0.05, 0) is 43.9 Å². The predicted molar refractivity (Wildman–Crippen MR) is 87.9 cm³/mol. The molecule has 0 saturated heterocycles. The van der Waals surface area contributed by atoms with Crippen molar-refractivity contribution in [2.75, 3.05) is 0 Å².